The number of ether oxygens (including phenoxy) is 2. The molecule has 9 nitrogen and oxygen atoms in total. The van der Waals surface area contributed by atoms with E-state index in [4.69, 9.17) is 9.47 Å². The normalized spacial score (nSPS) is 11.4. The molecule has 0 aliphatic carbocycles. The number of methoxy groups -OCH3 is 1. The summed E-state index contributed by atoms with van der Waals surface area (Å²) in [6, 6.07) is 18.6. The zero-order valence-electron chi connectivity index (χ0n) is 24.3. The third kappa shape index (κ3) is 6.98. The van der Waals surface area contributed by atoms with Gasteiger partial charge in [0.15, 0.2) is 0 Å². The highest BCUT2D eigenvalue weighted by Gasteiger charge is 2.18. The summed E-state index contributed by atoms with van der Waals surface area (Å²) in [5, 5.41) is 7.61. The summed E-state index contributed by atoms with van der Waals surface area (Å²) in [4.78, 5) is 26.2. The van der Waals surface area contributed by atoms with Gasteiger partial charge < -0.3 is 29.9 Å². The van der Waals surface area contributed by atoms with Crippen LogP contribution in [-0.4, -0.2) is 62.2 Å². The Bertz CT molecular complexity index is 1480. The van der Waals surface area contributed by atoms with E-state index in [0.717, 1.165) is 29.4 Å². The van der Waals surface area contributed by atoms with Gasteiger partial charge in [0.25, 0.3) is 0 Å². The third-order valence-electron chi connectivity index (χ3n) is 6.50. The van der Waals surface area contributed by atoms with Gasteiger partial charge in [-0.2, -0.15) is 4.98 Å². The quantitative estimate of drug-likeness (QED) is 0.254. The number of amides is 2. The van der Waals surface area contributed by atoms with E-state index < -0.39 is 0 Å². The highest BCUT2D eigenvalue weighted by molar-refractivity contribution is 6.08. The molecule has 210 valence electrons. The predicted molar refractivity (Wildman–Crippen MR) is 162 cm³/mol. The minimum Gasteiger partial charge on any atom is -0.495 e. The number of urea groups is 1. The van der Waals surface area contributed by atoms with Crippen LogP contribution in [0.5, 0.6) is 17.4 Å². The lowest BCUT2D eigenvalue weighted by Gasteiger charge is -2.21. The molecule has 0 spiro atoms. The predicted octanol–water partition coefficient (Wildman–Crippen LogP) is 6.37. The first-order chi connectivity index (χ1) is 19.0. The van der Waals surface area contributed by atoms with Gasteiger partial charge in [0.2, 0.25) is 11.8 Å². The Morgan fingerprint density at radius 3 is 2.27 bits per heavy atom. The fourth-order valence-corrected chi connectivity index (χ4v) is 4.15. The molecule has 4 aromatic rings. The molecule has 1 aromatic heterocycles. The second kappa shape index (κ2) is 12.2. The highest BCUT2D eigenvalue weighted by Crippen LogP contribution is 2.35. The lowest BCUT2D eigenvalue weighted by Crippen LogP contribution is -2.29. The molecule has 1 heterocycles. The number of nitrogens with zero attached hydrogens (tertiary/aromatic N) is 4. The minimum absolute atomic E-state index is 0.0721. The number of likely N-dealkylation sites (N-methyl/N-ethyl adjacent to an activating group) is 2. The van der Waals surface area contributed by atoms with Gasteiger partial charge in [0.05, 0.1) is 18.5 Å². The summed E-state index contributed by atoms with van der Waals surface area (Å²) < 4.78 is 11.7. The molecule has 0 radical (unpaired) electrons. The second-order valence-electron chi connectivity index (χ2n) is 10.9. The number of rotatable bonds is 9. The first-order valence-corrected chi connectivity index (χ1v) is 13.2. The van der Waals surface area contributed by atoms with Crippen LogP contribution in [0.15, 0.2) is 66.9 Å². The van der Waals surface area contributed by atoms with E-state index in [2.05, 4.69) is 46.3 Å². The van der Waals surface area contributed by atoms with Crippen LogP contribution >= 0.6 is 0 Å². The van der Waals surface area contributed by atoms with Crippen molar-refractivity contribution in [2.45, 2.75) is 26.2 Å². The molecule has 0 fully saturated rings. The van der Waals surface area contributed by atoms with Crippen LogP contribution in [0.3, 0.4) is 0 Å². The molecule has 0 aliphatic heterocycles. The molecule has 0 atom stereocenters. The highest BCUT2D eigenvalue weighted by atomic mass is 16.5. The summed E-state index contributed by atoms with van der Waals surface area (Å²) >= 11 is 0. The molecular weight excluding hydrogens is 504 g/mol. The fraction of sp³-hybridized carbons (Fsp3) is 0.323. The van der Waals surface area contributed by atoms with Gasteiger partial charge in [-0.05, 0) is 49.3 Å². The van der Waals surface area contributed by atoms with Crippen molar-refractivity contribution in [1.82, 2.24) is 14.9 Å². The number of aromatic nitrogens is 2. The summed E-state index contributed by atoms with van der Waals surface area (Å²) in [7, 11) is 7.61. The van der Waals surface area contributed by atoms with E-state index in [9.17, 15) is 4.79 Å². The number of anilines is 3. The summed E-state index contributed by atoms with van der Waals surface area (Å²) in [5.41, 5.74) is 2.27. The van der Waals surface area contributed by atoms with Gasteiger partial charge in [-0.25, -0.2) is 9.78 Å². The van der Waals surface area contributed by atoms with Crippen molar-refractivity contribution in [3.63, 3.8) is 0 Å². The maximum atomic E-state index is 13.1. The molecule has 0 bridgehead atoms. The van der Waals surface area contributed by atoms with Gasteiger partial charge >= 0.3 is 6.03 Å². The van der Waals surface area contributed by atoms with Crippen molar-refractivity contribution in [2.24, 2.45) is 0 Å². The maximum absolute atomic E-state index is 13.1. The molecule has 2 N–H and O–H groups in total. The number of hydrogen-bond acceptors (Lipinski definition) is 7. The molecular formula is C31H38N6O3. The molecule has 0 aliphatic rings. The number of fused-ring (bicyclic) bond motifs is 1. The van der Waals surface area contributed by atoms with E-state index in [1.54, 1.807) is 19.4 Å². The number of carbonyl (C=O) groups excluding carboxylic acids is 1. The minimum atomic E-state index is -0.371. The average molecular weight is 543 g/mol. The molecule has 4 rings (SSSR count). The van der Waals surface area contributed by atoms with Crippen molar-refractivity contribution < 1.29 is 14.3 Å². The van der Waals surface area contributed by atoms with Gasteiger partial charge in [-0.15, -0.1) is 0 Å². The largest absolute Gasteiger partial charge is 0.495 e. The maximum Gasteiger partial charge on any atom is 0.323 e. The van der Waals surface area contributed by atoms with Crippen molar-refractivity contribution in [3.8, 4) is 17.4 Å². The Hall–Kier alpha value is -4.37. The number of carbonyl (C=O) groups is 1. The van der Waals surface area contributed by atoms with Gasteiger partial charge in [0.1, 0.15) is 11.5 Å². The van der Waals surface area contributed by atoms with Crippen LogP contribution in [0.1, 0.15) is 26.3 Å². The number of hydrogen-bond donors (Lipinski definition) is 2. The van der Waals surface area contributed by atoms with Gasteiger partial charge in [-0.3, -0.25) is 0 Å². The lowest BCUT2D eigenvalue weighted by atomic mass is 9.87. The first-order valence-electron chi connectivity index (χ1n) is 13.2. The van der Waals surface area contributed by atoms with E-state index in [-0.39, 0.29) is 11.4 Å². The van der Waals surface area contributed by atoms with E-state index in [1.807, 2.05) is 80.6 Å². The Balaban J connectivity index is 1.55. The first kappa shape index (κ1) is 28.6. The zero-order chi connectivity index (χ0) is 28.9. The van der Waals surface area contributed by atoms with Crippen molar-refractivity contribution >= 4 is 34.1 Å². The van der Waals surface area contributed by atoms with Crippen LogP contribution < -0.4 is 25.0 Å². The molecule has 0 unspecified atom stereocenters. The van der Waals surface area contributed by atoms with Gasteiger partial charge in [-0.1, -0.05) is 51.1 Å². The smallest absolute Gasteiger partial charge is 0.323 e. The van der Waals surface area contributed by atoms with E-state index >= 15 is 0 Å². The van der Waals surface area contributed by atoms with Crippen molar-refractivity contribution in [1.29, 1.82) is 0 Å². The number of nitrogens with one attached hydrogen (secondary N) is 2. The summed E-state index contributed by atoms with van der Waals surface area (Å²) in [5.74, 6) is 2.25. The van der Waals surface area contributed by atoms with Crippen molar-refractivity contribution in [3.05, 3.63) is 72.4 Å². The molecule has 0 saturated carbocycles. The number of benzene rings is 3. The Morgan fingerprint density at radius 1 is 0.875 bits per heavy atom. The fourth-order valence-electron chi connectivity index (χ4n) is 4.15. The van der Waals surface area contributed by atoms with Crippen LogP contribution in [-0.2, 0) is 5.41 Å². The molecule has 40 heavy (non-hydrogen) atoms. The van der Waals surface area contributed by atoms with Crippen LogP contribution in [0.25, 0.3) is 10.8 Å². The molecule has 2 amide bonds. The Morgan fingerprint density at radius 2 is 1.57 bits per heavy atom. The summed E-state index contributed by atoms with van der Waals surface area (Å²) in [6.07, 6.45) is 1.69. The topological polar surface area (TPSA) is 91.8 Å². The Labute approximate surface area is 236 Å². The van der Waals surface area contributed by atoms with Crippen LogP contribution in [0, 0.1) is 0 Å². The SMILES string of the molecule is COc1ccc(C(C)(C)C)cc1NC(=O)Nc1ccc(Oc2ccnc(N(C)CCN(C)C)n2)c2ccccc12. The zero-order valence-corrected chi connectivity index (χ0v) is 24.3. The molecule has 0 saturated heterocycles. The molecule has 9 heteroatoms. The van der Waals surface area contributed by atoms with Gasteiger partial charge in [0, 0.05) is 43.2 Å². The van der Waals surface area contributed by atoms with Crippen LogP contribution in [0.2, 0.25) is 0 Å². The Kier molecular flexibility index (Phi) is 8.74. The monoisotopic (exact) mass is 542 g/mol. The standard InChI is InChI=1S/C31H38N6O3/c1-31(2,3)21-12-14-27(39-7)25(20-21)34-30(38)33-24-13-15-26(23-11-9-8-10-22(23)24)40-28-16-17-32-29(35-28)37(6)19-18-36(4)5/h8-17,20H,18-19H2,1-7H3,(H2,33,34,38). The van der Waals surface area contributed by atoms with E-state index in [1.165, 1.54) is 0 Å². The molecule has 3 aromatic carbocycles. The lowest BCUT2D eigenvalue weighted by molar-refractivity contribution is 0.262. The average Bonchev–Trinajstić information content (AvgIpc) is 2.92. The third-order valence-corrected chi connectivity index (χ3v) is 6.50. The second-order valence-corrected chi connectivity index (χ2v) is 10.9. The van der Waals surface area contributed by atoms with E-state index in [0.29, 0.717) is 34.7 Å². The van der Waals surface area contributed by atoms with Crippen molar-refractivity contribution in [2.75, 3.05) is 56.9 Å². The van der Waals surface area contributed by atoms with Crippen LogP contribution in [0.4, 0.5) is 22.1 Å². The summed E-state index contributed by atoms with van der Waals surface area (Å²) in [6.45, 7) is 8.04.